The number of aromatic nitrogens is 1. The van der Waals surface area contributed by atoms with Gasteiger partial charge in [0.1, 0.15) is 0 Å². The van der Waals surface area contributed by atoms with Crippen LogP contribution in [0.15, 0.2) is 18.3 Å². The van der Waals surface area contributed by atoms with Gasteiger partial charge >= 0.3 is 0 Å². The van der Waals surface area contributed by atoms with E-state index in [1.807, 2.05) is 18.3 Å². The Morgan fingerprint density at radius 3 is 2.50 bits per heavy atom. The van der Waals surface area contributed by atoms with Gasteiger partial charge in [0, 0.05) is 6.20 Å². The Labute approximate surface area is 62.4 Å². The third kappa shape index (κ3) is 2.27. The first kappa shape index (κ1) is 7.40. The number of hydrogen-bond donors (Lipinski definition) is 1. The van der Waals surface area contributed by atoms with Crippen LogP contribution in [0.3, 0.4) is 0 Å². The van der Waals surface area contributed by atoms with Gasteiger partial charge in [-0.1, -0.05) is 0 Å². The Morgan fingerprint density at radius 1 is 1.40 bits per heavy atom. The fourth-order valence-electron chi connectivity index (χ4n) is 0.707. The van der Waals surface area contributed by atoms with Gasteiger partial charge in [0.25, 0.3) is 0 Å². The summed E-state index contributed by atoms with van der Waals surface area (Å²) in [6, 6.07) is 3.88. The van der Waals surface area contributed by atoms with E-state index in [1.165, 1.54) is 0 Å². The van der Waals surface area contributed by atoms with Crippen molar-refractivity contribution in [2.24, 2.45) is 0 Å². The highest BCUT2D eigenvalue weighted by molar-refractivity contribution is 6.70. The van der Waals surface area contributed by atoms with Gasteiger partial charge in [-0.25, -0.2) is 0 Å². The maximum absolute atomic E-state index is 5.62. The summed E-state index contributed by atoms with van der Waals surface area (Å²) in [5, 5.41) is 0. The van der Waals surface area contributed by atoms with Crippen LogP contribution in [0.5, 0.6) is 5.88 Å². The van der Waals surface area contributed by atoms with Crippen molar-refractivity contribution in [1.29, 1.82) is 0 Å². The van der Waals surface area contributed by atoms with Crippen molar-refractivity contribution in [2.45, 2.75) is 19.6 Å². The van der Waals surface area contributed by atoms with Gasteiger partial charge in [-0.2, -0.15) is 0 Å². The van der Waals surface area contributed by atoms with Crippen LogP contribution < -0.4 is 4.43 Å². The van der Waals surface area contributed by atoms with Crippen molar-refractivity contribution in [3.63, 3.8) is 0 Å². The smallest absolute Gasteiger partial charge is 0.244 e. The summed E-state index contributed by atoms with van der Waals surface area (Å²) < 4.78 is 5.62. The van der Waals surface area contributed by atoms with Crippen molar-refractivity contribution in [3.8, 4) is 5.88 Å². The van der Waals surface area contributed by atoms with Crippen LogP contribution in [0.4, 0.5) is 0 Å². The lowest BCUT2D eigenvalue weighted by Crippen LogP contribution is -2.29. The molecule has 56 valence electrons. The first-order chi connectivity index (χ1) is 4.58. The molecule has 0 bridgehead atoms. The lowest BCUT2D eigenvalue weighted by atomic mass is 10.7. The van der Waals surface area contributed by atoms with Crippen molar-refractivity contribution in [3.05, 3.63) is 18.3 Å². The summed E-state index contributed by atoms with van der Waals surface area (Å²) in [5.74, 6) is 0.888. The van der Waals surface area contributed by atoms with Gasteiger partial charge in [0.05, 0.1) is 0 Å². The number of hydrogen-bond acceptors (Lipinski definition) is 1. The average Bonchev–Trinajstić information content (AvgIpc) is 2.12. The first-order valence-corrected chi connectivity index (χ1v) is 6.81. The summed E-state index contributed by atoms with van der Waals surface area (Å²) in [4.78, 5) is 3.01. The van der Waals surface area contributed by atoms with Crippen LogP contribution in [-0.2, 0) is 0 Å². The number of aromatic amines is 1. The zero-order chi connectivity index (χ0) is 7.61. The zero-order valence-electron chi connectivity index (χ0n) is 6.64. The predicted molar refractivity (Wildman–Crippen MR) is 44.8 cm³/mol. The molecule has 2 nitrogen and oxygen atoms in total. The van der Waals surface area contributed by atoms with Gasteiger partial charge in [-0.3, -0.25) is 0 Å². The molecule has 0 spiro atoms. The minimum atomic E-state index is -1.39. The highest BCUT2D eigenvalue weighted by atomic mass is 28.4. The maximum Gasteiger partial charge on any atom is 0.244 e. The quantitative estimate of drug-likeness (QED) is 0.651. The molecule has 0 unspecified atom stereocenters. The predicted octanol–water partition coefficient (Wildman–Crippen LogP) is 2.23. The molecule has 0 radical (unpaired) electrons. The zero-order valence-corrected chi connectivity index (χ0v) is 7.64. The van der Waals surface area contributed by atoms with Crippen molar-refractivity contribution in [2.75, 3.05) is 0 Å². The molecule has 0 saturated carbocycles. The number of nitrogens with one attached hydrogen (secondary N) is 1. The van der Waals surface area contributed by atoms with Crippen LogP contribution in [-0.4, -0.2) is 13.3 Å². The van der Waals surface area contributed by atoms with Crippen LogP contribution in [0.25, 0.3) is 0 Å². The van der Waals surface area contributed by atoms with Crippen LogP contribution >= 0.6 is 0 Å². The molecule has 1 rings (SSSR count). The fourth-order valence-corrected chi connectivity index (χ4v) is 1.49. The molecule has 1 aromatic rings. The van der Waals surface area contributed by atoms with Gasteiger partial charge < -0.3 is 9.41 Å². The molecule has 3 heteroatoms. The fraction of sp³-hybridized carbons (Fsp3) is 0.429. The summed E-state index contributed by atoms with van der Waals surface area (Å²) >= 11 is 0. The lowest BCUT2D eigenvalue weighted by molar-refractivity contribution is 0.538. The Balaban J connectivity index is 2.57. The normalized spacial score (nSPS) is 11.5. The third-order valence-electron chi connectivity index (χ3n) is 0.986. The number of H-pyrrole nitrogens is 1. The molecule has 0 aliphatic carbocycles. The minimum absolute atomic E-state index is 0.888. The second-order valence-electron chi connectivity index (χ2n) is 3.25. The van der Waals surface area contributed by atoms with Crippen molar-refractivity contribution >= 4 is 8.32 Å². The molecule has 0 saturated heterocycles. The largest absolute Gasteiger partial charge is 0.533 e. The summed E-state index contributed by atoms with van der Waals surface area (Å²) in [5.41, 5.74) is 0. The van der Waals surface area contributed by atoms with Crippen LogP contribution in [0.1, 0.15) is 0 Å². The molecule has 0 aliphatic heterocycles. The highest BCUT2D eigenvalue weighted by Crippen LogP contribution is 2.11. The molecule has 0 aromatic carbocycles. The molecular formula is C7H13NOSi. The van der Waals surface area contributed by atoms with Gasteiger partial charge in [0.2, 0.25) is 8.32 Å². The Bertz CT molecular complexity index is 188. The standard InChI is InChI=1S/C7H13NOSi/c1-10(2,3)9-7-5-4-6-8-7/h4-6,8H,1-3H3. The second-order valence-corrected chi connectivity index (χ2v) is 7.68. The molecule has 1 heterocycles. The van der Waals surface area contributed by atoms with E-state index in [9.17, 15) is 0 Å². The van der Waals surface area contributed by atoms with Crippen LogP contribution in [0.2, 0.25) is 19.6 Å². The summed E-state index contributed by atoms with van der Waals surface area (Å²) in [6.07, 6.45) is 1.87. The molecule has 1 aromatic heterocycles. The average molecular weight is 155 g/mol. The van der Waals surface area contributed by atoms with Gasteiger partial charge in [-0.15, -0.1) is 0 Å². The molecule has 0 aliphatic rings. The Hall–Kier alpha value is -0.703. The first-order valence-electron chi connectivity index (χ1n) is 3.40. The van der Waals surface area contributed by atoms with Gasteiger partial charge in [0.15, 0.2) is 5.88 Å². The molecule has 0 fully saturated rings. The number of rotatable bonds is 2. The highest BCUT2D eigenvalue weighted by Gasteiger charge is 2.15. The van der Waals surface area contributed by atoms with E-state index >= 15 is 0 Å². The van der Waals surface area contributed by atoms with E-state index in [-0.39, 0.29) is 0 Å². The molecule has 1 N–H and O–H groups in total. The second kappa shape index (κ2) is 2.50. The van der Waals surface area contributed by atoms with Crippen molar-refractivity contribution in [1.82, 2.24) is 4.98 Å². The van der Waals surface area contributed by atoms with E-state index in [2.05, 4.69) is 24.6 Å². The van der Waals surface area contributed by atoms with Crippen LogP contribution in [0, 0.1) is 0 Å². The minimum Gasteiger partial charge on any atom is -0.533 e. The van der Waals surface area contributed by atoms with E-state index < -0.39 is 8.32 Å². The molecule has 0 amide bonds. The Kier molecular flexibility index (Phi) is 1.85. The van der Waals surface area contributed by atoms with E-state index in [0.717, 1.165) is 5.88 Å². The molecule has 10 heavy (non-hydrogen) atoms. The van der Waals surface area contributed by atoms with E-state index in [1.54, 1.807) is 0 Å². The van der Waals surface area contributed by atoms with E-state index in [4.69, 9.17) is 4.43 Å². The topological polar surface area (TPSA) is 25.0 Å². The lowest BCUT2D eigenvalue weighted by Gasteiger charge is -2.16. The molecular weight excluding hydrogens is 142 g/mol. The maximum atomic E-state index is 5.62. The van der Waals surface area contributed by atoms with E-state index in [0.29, 0.717) is 0 Å². The SMILES string of the molecule is C[Si](C)(C)Oc1ccc[nH]1. The van der Waals surface area contributed by atoms with Gasteiger partial charge in [-0.05, 0) is 31.8 Å². The van der Waals surface area contributed by atoms with Crippen molar-refractivity contribution < 1.29 is 4.43 Å². The summed E-state index contributed by atoms with van der Waals surface area (Å²) in [7, 11) is -1.39. The monoisotopic (exact) mass is 155 g/mol. The summed E-state index contributed by atoms with van der Waals surface area (Å²) in [6.45, 7) is 6.48. The third-order valence-corrected chi connectivity index (χ3v) is 1.82. The Morgan fingerprint density at radius 2 is 2.10 bits per heavy atom. The molecule has 0 atom stereocenters.